The maximum atomic E-state index is 4.88. The van der Waals surface area contributed by atoms with Crippen LogP contribution in [0.3, 0.4) is 0 Å². The summed E-state index contributed by atoms with van der Waals surface area (Å²) in [5.41, 5.74) is 7.81. The minimum absolute atomic E-state index is 0.728. The van der Waals surface area contributed by atoms with Crippen molar-refractivity contribution >= 4 is 10.9 Å². The zero-order valence-electron chi connectivity index (χ0n) is 9.35. The van der Waals surface area contributed by atoms with E-state index in [9.17, 15) is 0 Å². The van der Waals surface area contributed by atoms with E-state index in [-0.39, 0.29) is 0 Å². The zero-order chi connectivity index (χ0) is 10.8. The molecule has 0 saturated carbocycles. The highest BCUT2D eigenvalue weighted by Crippen LogP contribution is 2.22. The first-order chi connectivity index (χ1) is 7.22. The summed E-state index contributed by atoms with van der Waals surface area (Å²) in [6.07, 6.45) is 0. The summed E-state index contributed by atoms with van der Waals surface area (Å²) in [6.45, 7) is 4.91. The topological polar surface area (TPSA) is 37.0 Å². The highest BCUT2D eigenvalue weighted by Gasteiger charge is 2.07. The number of nitrogens with one attached hydrogen (secondary N) is 2. The Morgan fingerprint density at radius 3 is 2.87 bits per heavy atom. The molecule has 0 aliphatic rings. The Labute approximate surface area is 89.4 Å². The van der Waals surface area contributed by atoms with Crippen LogP contribution in [0.1, 0.15) is 16.8 Å². The first-order valence-corrected chi connectivity index (χ1v) is 5.06. The number of aromatic amines is 1. The highest BCUT2D eigenvalue weighted by molar-refractivity contribution is 5.85. The standard InChI is InChI=1S/C12H16N2O/c1-8-4-5-10-11(7-13-15-3)9(2)14-12(10)6-8/h4-6,13-14H,7H2,1-3H3. The fourth-order valence-corrected chi connectivity index (χ4v) is 1.88. The molecule has 0 aliphatic carbocycles. The number of aryl methyl sites for hydroxylation is 2. The zero-order valence-corrected chi connectivity index (χ0v) is 9.35. The lowest BCUT2D eigenvalue weighted by atomic mass is 10.1. The minimum atomic E-state index is 0.728. The van der Waals surface area contributed by atoms with Crippen LogP contribution < -0.4 is 5.48 Å². The summed E-state index contributed by atoms with van der Waals surface area (Å²) >= 11 is 0. The molecule has 15 heavy (non-hydrogen) atoms. The van der Waals surface area contributed by atoms with Crippen molar-refractivity contribution in [2.45, 2.75) is 20.4 Å². The number of H-pyrrole nitrogens is 1. The van der Waals surface area contributed by atoms with E-state index in [2.05, 4.69) is 42.5 Å². The fourth-order valence-electron chi connectivity index (χ4n) is 1.88. The van der Waals surface area contributed by atoms with Crippen LogP contribution in [-0.2, 0) is 11.4 Å². The number of hydrogen-bond donors (Lipinski definition) is 2. The van der Waals surface area contributed by atoms with Crippen LogP contribution >= 0.6 is 0 Å². The number of benzene rings is 1. The molecule has 0 amide bonds. The van der Waals surface area contributed by atoms with E-state index in [0.717, 1.165) is 6.54 Å². The molecular formula is C12H16N2O. The first kappa shape index (κ1) is 10.2. The summed E-state index contributed by atoms with van der Waals surface area (Å²) in [5, 5.41) is 1.27. The lowest BCUT2D eigenvalue weighted by Gasteiger charge is -2.01. The van der Waals surface area contributed by atoms with Crippen LogP contribution in [0.2, 0.25) is 0 Å². The molecule has 2 aromatic rings. The average Bonchev–Trinajstić information content (AvgIpc) is 2.50. The van der Waals surface area contributed by atoms with Gasteiger partial charge in [-0.2, -0.15) is 5.48 Å². The van der Waals surface area contributed by atoms with Crippen molar-refractivity contribution < 1.29 is 4.84 Å². The largest absolute Gasteiger partial charge is 0.358 e. The summed E-state index contributed by atoms with van der Waals surface area (Å²) in [5.74, 6) is 0. The second-order valence-corrected chi connectivity index (χ2v) is 3.80. The molecule has 0 aliphatic heterocycles. The highest BCUT2D eigenvalue weighted by atomic mass is 16.6. The summed E-state index contributed by atoms with van der Waals surface area (Å²) < 4.78 is 0. The maximum absolute atomic E-state index is 4.88. The van der Waals surface area contributed by atoms with E-state index >= 15 is 0 Å². The predicted molar refractivity (Wildman–Crippen MR) is 61.6 cm³/mol. The monoisotopic (exact) mass is 204 g/mol. The normalized spacial score (nSPS) is 11.1. The van der Waals surface area contributed by atoms with E-state index in [1.165, 1.54) is 27.7 Å². The van der Waals surface area contributed by atoms with Gasteiger partial charge >= 0.3 is 0 Å². The van der Waals surface area contributed by atoms with Gasteiger partial charge in [-0.15, -0.1) is 0 Å². The van der Waals surface area contributed by atoms with Gasteiger partial charge in [-0.25, -0.2) is 0 Å². The van der Waals surface area contributed by atoms with Gasteiger partial charge in [0.15, 0.2) is 0 Å². The molecule has 3 heteroatoms. The van der Waals surface area contributed by atoms with Gasteiger partial charge in [-0.05, 0) is 31.0 Å². The Bertz CT molecular complexity index is 474. The number of hydroxylamine groups is 1. The lowest BCUT2D eigenvalue weighted by Crippen LogP contribution is -2.11. The summed E-state index contributed by atoms with van der Waals surface area (Å²) in [4.78, 5) is 8.26. The minimum Gasteiger partial charge on any atom is -0.358 e. The molecule has 0 unspecified atom stereocenters. The molecular weight excluding hydrogens is 188 g/mol. The van der Waals surface area contributed by atoms with Gasteiger partial charge in [0.25, 0.3) is 0 Å². The quantitative estimate of drug-likeness (QED) is 0.753. The van der Waals surface area contributed by atoms with Crippen molar-refractivity contribution in [3.63, 3.8) is 0 Å². The van der Waals surface area contributed by atoms with Gasteiger partial charge in [0.1, 0.15) is 0 Å². The van der Waals surface area contributed by atoms with E-state index in [1.54, 1.807) is 7.11 Å². The molecule has 80 valence electrons. The number of aromatic nitrogens is 1. The Balaban J connectivity index is 2.48. The van der Waals surface area contributed by atoms with Crippen molar-refractivity contribution in [1.82, 2.24) is 10.5 Å². The Kier molecular flexibility index (Phi) is 2.75. The van der Waals surface area contributed by atoms with Crippen LogP contribution in [0.15, 0.2) is 18.2 Å². The molecule has 0 radical (unpaired) electrons. The molecule has 0 saturated heterocycles. The molecule has 1 aromatic heterocycles. The van der Waals surface area contributed by atoms with Crippen molar-refractivity contribution in [3.8, 4) is 0 Å². The SMILES string of the molecule is CONCc1c(C)[nH]c2cc(C)ccc12. The number of fused-ring (bicyclic) bond motifs is 1. The van der Waals surface area contributed by atoms with E-state index < -0.39 is 0 Å². The molecule has 3 nitrogen and oxygen atoms in total. The maximum Gasteiger partial charge on any atom is 0.0572 e. The second-order valence-electron chi connectivity index (χ2n) is 3.80. The van der Waals surface area contributed by atoms with Crippen LogP contribution in [0.4, 0.5) is 0 Å². The number of rotatable bonds is 3. The first-order valence-electron chi connectivity index (χ1n) is 5.06. The molecule has 1 aromatic carbocycles. The van der Waals surface area contributed by atoms with E-state index in [1.807, 2.05) is 0 Å². The molecule has 2 rings (SSSR count). The number of hydrogen-bond acceptors (Lipinski definition) is 2. The van der Waals surface area contributed by atoms with Gasteiger partial charge < -0.3 is 9.82 Å². The van der Waals surface area contributed by atoms with E-state index in [0.29, 0.717) is 0 Å². The van der Waals surface area contributed by atoms with Gasteiger partial charge in [-0.1, -0.05) is 12.1 Å². The summed E-state index contributed by atoms with van der Waals surface area (Å²) in [7, 11) is 1.63. The third-order valence-electron chi connectivity index (χ3n) is 2.67. The molecule has 0 fully saturated rings. The second kappa shape index (κ2) is 4.04. The Hall–Kier alpha value is -1.32. The van der Waals surface area contributed by atoms with Gasteiger partial charge in [0.05, 0.1) is 7.11 Å². The lowest BCUT2D eigenvalue weighted by molar-refractivity contribution is 0.0869. The average molecular weight is 204 g/mol. The van der Waals surface area contributed by atoms with Gasteiger partial charge in [0, 0.05) is 23.1 Å². The van der Waals surface area contributed by atoms with E-state index in [4.69, 9.17) is 4.84 Å². The molecule has 0 atom stereocenters. The van der Waals surface area contributed by atoms with Crippen molar-refractivity contribution in [2.75, 3.05) is 7.11 Å². The van der Waals surface area contributed by atoms with Gasteiger partial charge in [-0.3, -0.25) is 0 Å². The van der Waals surface area contributed by atoms with Crippen LogP contribution in [0, 0.1) is 13.8 Å². The Morgan fingerprint density at radius 1 is 1.33 bits per heavy atom. The molecule has 0 bridgehead atoms. The molecule has 2 N–H and O–H groups in total. The van der Waals surface area contributed by atoms with Crippen molar-refractivity contribution in [1.29, 1.82) is 0 Å². The third kappa shape index (κ3) is 1.89. The van der Waals surface area contributed by atoms with Crippen molar-refractivity contribution in [3.05, 3.63) is 35.0 Å². The smallest absolute Gasteiger partial charge is 0.0572 e. The van der Waals surface area contributed by atoms with Crippen molar-refractivity contribution in [2.24, 2.45) is 0 Å². The van der Waals surface area contributed by atoms with Crippen LogP contribution in [-0.4, -0.2) is 12.1 Å². The third-order valence-corrected chi connectivity index (χ3v) is 2.67. The Morgan fingerprint density at radius 2 is 2.13 bits per heavy atom. The predicted octanol–water partition coefficient (Wildman–Crippen LogP) is 2.44. The van der Waals surface area contributed by atoms with Crippen LogP contribution in [0.5, 0.6) is 0 Å². The van der Waals surface area contributed by atoms with Gasteiger partial charge in [0.2, 0.25) is 0 Å². The summed E-state index contributed by atoms with van der Waals surface area (Å²) in [6, 6.07) is 6.45. The molecule has 0 spiro atoms. The molecule has 1 heterocycles. The van der Waals surface area contributed by atoms with Crippen LogP contribution in [0.25, 0.3) is 10.9 Å². The fraction of sp³-hybridized carbons (Fsp3) is 0.333.